The zero-order valence-corrected chi connectivity index (χ0v) is 10.0. The SMILES string of the molecule is CCOC(=O)c1ccc(Cl)cc1CC(C)=O. The van der Waals surface area contributed by atoms with Crippen LogP contribution in [0.15, 0.2) is 18.2 Å². The second-order valence-corrected chi connectivity index (χ2v) is 3.84. The van der Waals surface area contributed by atoms with Crippen LogP contribution < -0.4 is 0 Å². The van der Waals surface area contributed by atoms with Crippen molar-refractivity contribution in [2.45, 2.75) is 20.3 Å². The summed E-state index contributed by atoms with van der Waals surface area (Å²) in [5.41, 5.74) is 1.01. The van der Waals surface area contributed by atoms with E-state index in [9.17, 15) is 9.59 Å². The van der Waals surface area contributed by atoms with E-state index < -0.39 is 5.97 Å². The van der Waals surface area contributed by atoms with Crippen LogP contribution in [0, 0.1) is 0 Å². The van der Waals surface area contributed by atoms with Gasteiger partial charge in [0.25, 0.3) is 0 Å². The van der Waals surface area contributed by atoms with Crippen LogP contribution in [-0.4, -0.2) is 18.4 Å². The molecule has 0 fully saturated rings. The zero-order valence-electron chi connectivity index (χ0n) is 9.25. The van der Waals surface area contributed by atoms with Crippen LogP contribution in [0.4, 0.5) is 0 Å². The lowest BCUT2D eigenvalue weighted by Gasteiger charge is -2.07. The Balaban J connectivity index is 3.06. The molecule has 0 aliphatic heterocycles. The standard InChI is InChI=1S/C12H13ClO3/c1-3-16-12(15)11-5-4-10(13)7-9(11)6-8(2)14/h4-5,7H,3,6H2,1-2H3. The summed E-state index contributed by atoms with van der Waals surface area (Å²) in [6.45, 7) is 3.51. The van der Waals surface area contributed by atoms with Crippen LogP contribution >= 0.6 is 11.6 Å². The number of benzene rings is 1. The number of Topliss-reactive ketones (excluding diaryl/α,β-unsaturated/α-hetero) is 1. The van der Waals surface area contributed by atoms with Crippen molar-refractivity contribution in [3.8, 4) is 0 Å². The molecule has 1 aromatic carbocycles. The smallest absolute Gasteiger partial charge is 0.338 e. The van der Waals surface area contributed by atoms with Crippen molar-refractivity contribution in [3.05, 3.63) is 34.3 Å². The largest absolute Gasteiger partial charge is 0.462 e. The first kappa shape index (κ1) is 12.7. The molecule has 0 radical (unpaired) electrons. The minimum absolute atomic E-state index is 0.0205. The number of esters is 1. The summed E-state index contributed by atoms with van der Waals surface area (Å²) in [6, 6.07) is 4.81. The van der Waals surface area contributed by atoms with Crippen LogP contribution in [0.1, 0.15) is 29.8 Å². The van der Waals surface area contributed by atoms with Crippen molar-refractivity contribution in [3.63, 3.8) is 0 Å². The van der Waals surface area contributed by atoms with Gasteiger partial charge >= 0.3 is 5.97 Å². The fourth-order valence-corrected chi connectivity index (χ4v) is 1.58. The molecule has 0 N–H and O–H groups in total. The van der Waals surface area contributed by atoms with Gasteiger partial charge in [-0.1, -0.05) is 11.6 Å². The molecule has 0 aromatic heterocycles. The maximum atomic E-state index is 11.6. The van der Waals surface area contributed by atoms with Crippen molar-refractivity contribution in [2.24, 2.45) is 0 Å². The molecular weight excluding hydrogens is 228 g/mol. The van der Waals surface area contributed by atoms with Crippen LogP contribution in [0.2, 0.25) is 5.02 Å². The van der Waals surface area contributed by atoms with Gasteiger partial charge in [-0.15, -0.1) is 0 Å². The maximum Gasteiger partial charge on any atom is 0.338 e. The van der Waals surface area contributed by atoms with Gasteiger partial charge in [-0.3, -0.25) is 4.79 Å². The Kier molecular flexibility index (Phi) is 4.50. The minimum atomic E-state index is -0.421. The van der Waals surface area contributed by atoms with Gasteiger partial charge in [0.05, 0.1) is 12.2 Å². The van der Waals surface area contributed by atoms with E-state index in [1.165, 1.54) is 6.92 Å². The van der Waals surface area contributed by atoms with Crippen LogP contribution in [0.3, 0.4) is 0 Å². The quantitative estimate of drug-likeness (QED) is 0.760. The zero-order chi connectivity index (χ0) is 12.1. The summed E-state index contributed by atoms with van der Waals surface area (Å²) in [6.07, 6.45) is 0.189. The second-order valence-electron chi connectivity index (χ2n) is 3.40. The van der Waals surface area contributed by atoms with E-state index in [1.54, 1.807) is 25.1 Å². The third-order valence-corrected chi connectivity index (χ3v) is 2.24. The topological polar surface area (TPSA) is 43.4 Å². The van der Waals surface area contributed by atoms with E-state index in [2.05, 4.69) is 0 Å². The fraction of sp³-hybridized carbons (Fsp3) is 0.333. The van der Waals surface area contributed by atoms with Crippen LogP contribution in [0.5, 0.6) is 0 Å². The average Bonchev–Trinajstić information content (AvgIpc) is 2.16. The number of hydrogen-bond donors (Lipinski definition) is 0. The van der Waals surface area contributed by atoms with Crippen molar-refractivity contribution in [1.82, 2.24) is 0 Å². The molecule has 0 aliphatic carbocycles. The fourth-order valence-electron chi connectivity index (χ4n) is 1.38. The molecule has 0 atom stereocenters. The highest BCUT2D eigenvalue weighted by Gasteiger charge is 2.13. The van der Waals surface area contributed by atoms with Crippen molar-refractivity contribution < 1.29 is 14.3 Å². The summed E-state index contributed by atoms with van der Waals surface area (Å²) >= 11 is 5.82. The van der Waals surface area contributed by atoms with Gasteiger partial charge < -0.3 is 4.74 Å². The Bertz CT molecular complexity index is 413. The number of ether oxygens (including phenoxy) is 1. The van der Waals surface area contributed by atoms with Gasteiger partial charge in [0.15, 0.2) is 0 Å². The Labute approximate surface area is 99.4 Å². The molecule has 0 amide bonds. The Morgan fingerprint density at radius 2 is 2.06 bits per heavy atom. The lowest BCUT2D eigenvalue weighted by Crippen LogP contribution is -2.10. The van der Waals surface area contributed by atoms with Crippen LogP contribution in [0.25, 0.3) is 0 Å². The van der Waals surface area contributed by atoms with Gasteiger partial charge in [-0.25, -0.2) is 4.79 Å². The highest BCUT2D eigenvalue weighted by molar-refractivity contribution is 6.30. The minimum Gasteiger partial charge on any atom is -0.462 e. The number of rotatable bonds is 4. The predicted octanol–water partition coefficient (Wildman–Crippen LogP) is 2.65. The summed E-state index contributed by atoms with van der Waals surface area (Å²) in [5.74, 6) is -0.441. The molecule has 0 aliphatic rings. The molecule has 16 heavy (non-hydrogen) atoms. The highest BCUT2D eigenvalue weighted by Crippen LogP contribution is 2.18. The van der Waals surface area contributed by atoms with Crippen molar-refractivity contribution >= 4 is 23.4 Å². The average molecular weight is 241 g/mol. The number of carbonyl (C=O) groups excluding carboxylic acids is 2. The summed E-state index contributed by atoms with van der Waals surface area (Å²) in [5, 5.41) is 0.504. The molecule has 3 nitrogen and oxygen atoms in total. The second kappa shape index (κ2) is 5.66. The molecule has 1 rings (SSSR count). The number of ketones is 1. The van der Waals surface area contributed by atoms with E-state index in [4.69, 9.17) is 16.3 Å². The van der Waals surface area contributed by atoms with Gasteiger partial charge in [-0.2, -0.15) is 0 Å². The monoisotopic (exact) mass is 240 g/mol. The number of hydrogen-bond acceptors (Lipinski definition) is 3. The third-order valence-electron chi connectivity index (χ3n) is 2.00. The van der Waals surface area contributed by atoms with Crippen LogP contribution in [-0.2, 0) is 16.0 Å². The van der Waals surface area contributed by atoms with Gasteiger partial charge in [0, 0.05) is 11.4 Å². The highest BCUT2D eigenvalue weighted by atomic mass is 35.5. The lowest BCUT2D eigenvalue weighted by molar-refractivity contribution is -0.116. The third kappa shape index (κ3) is 3.35. The van der Waals surface area contributed by atoms with E-state index >= 15 is 0 Å². The van der Waals surface area contributed by atoms with Crippen molar-refractivity contribution in [2.75, 3.05) is 6.61 Å². The molecule has 86 valence electrons. The summed E-state index contributed by atoms with van der Waals surface area (Å²) < 4.78 is 4.90. The molecule has 0 spiro atoms. The summed E-state index contributed by atoms with van der Waals surface area (Å²) in [7, 11) is 0. The molecular formula is C12H13ClO3. The maximum absolute atomic E-state index is 11.6. The number of carbonyl (C=O) groups is 2. The molecule has 0 saturated heterocycles. The Morgan fingerprint density at radius 3 is 2.62 bits per heavy atom. The normalized spacial score (nSPS) is 9.94. The van der Waals surface area contributed by atoms with E-state index in [1.807, 2.05) is 0 Å². The first-order chi connectivity index (χ1) is 7.54. The van der Waals surface area contributed by atoms with E-state index in [0.717, 1.165) is 0 Å². The number of halogens is 1. The Hall–Kier alpha value is -1.35. The van der Waals surface area contributed by atoms with E-state index in [0.29, 0.717) is 22.8 Å². The molecule has 0 unspecified atom stereocenters. The molecule has 0 heterocycles. The Morgan fingerprint density at radius 1 is 1.38 bits per heavy atom. The van der Waals surface area contributed by atoms with E-state index in [-0.39, 0.29) is 12.2 Å². The molecule has 0 bridgehead atoms. The van der Waals surface area contributed by atoms with Gasteiger partial charge in [0.1, 0.15) is 5.78 Å². The summed E-state index contributed by atoms with van der Waals surface area (Å²) in [4.78, 5) is 22.6. The van der Waals surface area contributed by atoms with Gasteiger partial charge in [-0.05, 0) is 37.6 Å². The molecule has 0 saturated carbocycles. The first-order valence-corrected chi connectivity index (χ1v) is 5.37. The first-order valence-electron chi connectivity index (χ1n) is 4.99. The molecule has 4 heteroatoms. The predicted molar refractivity (Wildman–Crippen MR) is 61.8 cm³/mol. The van der Waals surface area contributed by atoms with Gasteiger partial charge in [0.2, 0.25) is 0 Å². The molecule has 1 aromatic rings. The van der Waals surface area contributed by atoms with Crippen molar-refractivity contribution in [1.29, 1.82) is 0 Å². The lowest BCUT2D eigenvalue weighted by atomic mass is 10.0.